The standard InChI is InChI=1S/C11H15ClN2O2/c1-8(2)13-14-11(15)7-16-10-5-3-9(12)4-6-10/h3-6,8,13H,7H2,1-2H3,(H,14,15). The van der Waals surface area contributed by atoms with Crippen molar-refractivity contribution in [2.24, 2.45) is 0 Å². The third kappa shape index (κ3) is 5.00. The van der Waals surface area contributed by atoms with Gasteiger partial charge in [0.2, 0.25) is 0 Å². The SMILES string of the molecule is CC(C)NNC(=O)COc1ccc(Cl)cc1. The van der Waals surface area contributed by atoms with Gasteiger partial charge in [-0.25, -0.2) is 5.43 Å². The van der Waals surface area contributed by atoms with Crippen LogP contribution in [0.1, 0.15) is 13.8 Å². The molecule has 0 aliphatic carbocycles. The number of carbonyl (C=O) groups is 1. The van der Waals surface area contributed by atoms with E-state index in [-0.39, 0.29) is 18.6 Å². The number of ether oxygens (including phenoxy) is 1. The average Bonchev–Trinajstić information content (AvgIpc) is 2.25. The first-order valence-corrected chi connectivity index (χ1v) is 5.38. The Hall–Kier alpha value is -1.26. The summed E-state index contributed by atoms with van der Waals surface area (Å²) in [5, 5.41) is 0.637. The van der Waals surface area contributed by atoms with E-state index in [4.69, 9.17) is 16.3 Å². The van der Waals surface area contributed by atoms with Gasteiger partial charge in [0.15, 0.2) is 6.61 Å². The van der Waals surface area contributed by atoms with E-state index in [1.807, 2.05) is 13.8 Å². The Morgan fingerprint density at radius 3 is 2.56 bits per heavy atom. The summed E-state index contributed by atoms with van der Waals surface area (Å²) in [6.45, 7) is 3.84. The van der Waals surface area contributed by atoms with Crippen molar-refractivity contribution >= 4 is 17.5 Å². The Balaban J connectivity index is 2.29. The van der Waals surface area contributed by atoms with Crippen molar-refractivity contribution in [1.82, 2.24) is 10.9 Å². The highest BCUT2D eigenvalue weighted by Gasteiger charge is 2.02. The number of amides is 1. The van der Waals surface area contributed by atoms with Crippen molar-refractivity contribution in [3.8, 4) is 5.75 Å². The Morgan fingerprint density at radius 1 is 1.38 bits per heavy atom. The van der Waals surface area contributed by atoms with Crippen LogP contribution in [0.5, 0.6) is 5.75 Å². The summed E-state index contributed by atoms with van der Waals surface area (Å²) < 4.78 is 5.24. The lowest BCUT2D eigenvalue weighted by molar-refractivity contribution is -0.124. The third-order valence-electron chi connectivity index (χ3n) is 1.68. The number of carbonyl (C=O) groups excluding carboxylic acids is 1. The summed E-state index contributed by atoms with van der Waals surface area (Å²) in [7, 11) is 0. The minimum atomic E-state index is -0.219. The van der Waals surface area contributed by atoms with Crippen LogP contribution < -0.4 is 15.6 Å². The normalized spacial score (nSPS) is 10.2. The van der Waals surface area contributed by atoms with Crippen molar-refractivity contribution in [3.05, 3.63) is 29.3 Å². The molecular weight excluding hydrogens is 228 g/mol. The second-order valence-corrected chi connectivity index (χ2v) is 4.03. The smallest absolute Gasteiger partial charge is 0.271 e. The topological polar surface area (TPSA) is 50.4 Å². The fraction of sp³-hybridized carbons (Fsp3) is 0.364. The molecule has 0 fully saturated rings. The van der Waals surface area contributed by atoms with E-state index in [9.17, 15) is 4.79 Å². The summed E-state index contributed by atoms with van der Waals surface area (Å²) in [6.07, 6.45) is 0. The maximum Gasteiger partial charge on any atom is 0.271 e. The van der Waals surface area contributed by atoms with Gasteiger partial charge in [0.25, 0.3) is 5.91 Å². The molecule has 0 atom stereocenters. The summed E-state index contributed by atoms with van der Waals surface area (Å²) in [6, 6.07) is 7.04. The molecule has 0 aromatic heterocycles. The van der Waals surface area contributed by atoms with E-state index in [1.54, 1.807) is 24.3 Å². The monoisotopic (exact) mass is 242 g/mol. The van der Waals surface area contributed by atoms with Gasteiger partial charge in [-0.2, -0.15) is 0 Å². The fourth-order valence-electron chi connectivity index (χ4n) is 0.941. The van der Waals surface area contributed by atoms with E-state index in [2.05, 4.69) is 10.9 Å². The number of rotatable bonds is 5. The molecule has 0 saturated heterocycles. The van der Waals surface area contributed by atoms with E-state index in [0.29, 0.717) is 10.8 Å². The maximum absolute atomic E-state index is 11.3. The highest BCUT2D eigenvalue weighted by molar-refractivity contribution is 6.30. The second kappa shape index (κ2) is 6.35. The van der Waals surface area contributed by atoms with Gasteiger partial charge >= 0.3 is 0 Å². The quantitative estimate of drug-likeness (QED) is 0.774. The first kappa shape index (κ1) is 12.8. The van der Waals surface area contributed by atoms with E-state index in [1.165, 1.54) is 0 Å². The van der Waals surface area contributed by atoms with Crippen LogP contribution in [0.3, 0.4) is 0 Å². The van der Waals surface area contributed by atoms with Crippen LogP contribution in [0.25, 0.3) is 0 Å². The fourth-order valence-corrected chi connectivity index (χ4v) is 1.07. The molecule has 16 heavy (non-hydrogen) atoms. The predicted molar refractivity (Wildman–Crippen MR) is 63.4 cm³/mol. The van der Waals surface area contributed by atoms with Gasteiger partial charge in [0.1, 0.15) is 5.75 Å². The summed E-state index contributed by atoms with van der Waals surface area (Å²) in [5.41, 5.74) is 5.31. The number of hydrogen-bond acceptors (Lipinski definition) is 3. The van der Waals surface area contributed by atoms with Gasteiger partial charge in [0.05, 0.1) is 0 Å². The lowest BCUT2D eigenvalue weighted by atomic mass is 10.3. The summed E-state index contributed by atoms with van der Waals surface area (Å²) >= 11 is 5.71. The van der Waals surface area contributed by atoms with Crippen LogP contribution >= 0.6 is 11.6 Å². The highest BCUT2D eigenvalue weighted by Crippen LogP contribution is 2.15. The minimum absolute atomic E-state index is 0.0264. The lowest BCUT2D eigenvalue weighted by Crippen LogP contribution is -2.43. The van der Waals surface area contributed by atoms with Crippen molar-refractivity contribution in [2.75, 3.05) is 6.61 Å². The third-order valence-corrected chi connectivity index (χ3v) is 1.94. The zero-order valence-corrected chi connectivity index (χ0v) is 10.0. The Morgan fingerprint density at radius 2 is 2.00 bits per heavy atom. The molecule has 0 unspecified atom stereocenters. The Labute approximate surface area is 99.9 Å². The molecule has 0 aliphatic rings. The first-order chi connectivity index (χ1) is 7.58. The molecule has 2 N–H and O–H groups in total. The van der Waals surface area contributed by atoms with Crippen LogP contribution in [0, 0.1) is 0 Å². The summed E-state index contributed by atoms with van der Waals surface area (Å²) in [5.74, 6) is 0.396. The van der Waals surface area contributed by atoms with Gasteiger partial charge in [-0.05, 0) is 38.1 Å². The highest BCUT2D eigenvalue weighted by atomic mass is 35.5. The Kier molecular flexibility index (Phi) is 5.08. The zero-order chi connectivity index (χ0) is 12.0. The molecule has 1 aromatic rings. The first-order valence-electron chi connectivity index (χ1n) is 5.00. The van der Waals surface area contributed by atoms with Gasteiger partial charge in [-0.15, -0.1) is 0 Å². The average molecular weight is 243 g/mol. The second-order valence-electron chi connectivity index (χ2n) is 3.59. The molecule has 1 rings (SSSR count). The van der Waals surface area contributed by atoms with Crippen LogP contribution in [-0.2, 0) is 4.79 Å². The van der Waals surface area contributed by atoms with E-state index >= 15 is 0 Å². The number of nitrogens with one attached hydrogen (secondary N) is 2. The molecule has 0 heterocycles. The number of halogens is 1. The number of hydrogen-bond donors (Lipinski definition) is 2. The van der Waals surface area contributed by atoms with Crippen LogP contribution in [0.2, 0.25) is 5.02 Å². The summed E-state index contributed by atoms with van der Waals surface area (Å²) in [4.78, 5) is 11.3. The van der Waals surface area contributed by atoms with Crippen molar-refractivity contribution in [2.45, 2.75) is 19.9 Å². The number of benzene rings is 1. The number of hydrazine groups is 1. The molecule has 0 saturated carbocycles. The van der Waals surface area contributed by atoms with Gasteiger partial charge in [0, 0.05) is 11.1 Å². The zero-order valence-electron chi connectivity index (χ0n) is 9.29. The molecule has 0 spiro atoms. The molecule has 1 aromatic carbocycles. The minimum Gasteiger partial charge on any atom is -0.484 e. The predicted octanol–water partition coefficient (Wildman–Crippen LogP) is 1.75. The molecule has 0 bridgehead atoms. The van der Waals surface area contributed by atoms with Crippen molar-refractivity contribution < 1.29 is 9.53 Å². The van der Waals surface area contributed by atoms with E-state index < -0.39 is 0 Å². The molecule has 5 heteroatoms. The lowest BCUT2D eigenvalue weighted by Gasteiger charge is -2.10. The molecule has 0 radical (unpaired) electrons. The molecular formula is C11H15ClN2O2. The van der Waals surface area contributed by atoms with Crippen LogP contribution in [0.4, 0.5) is 0 Å². The Bertz CT molecular complexity index is 338. The van der Waals surface area contributed by atoms with Gasteiger partial charge in [-0.3, -0.25) is 10.2 Å². The largest absolute Gasteiger partial charge is 0.484 e. The van der Waals surface area contributed by atoms with Crippen LogP contribution in [-0.4, -0.2) is 18.6 Å². The van der Waals surface area contributed by atoms with Crippen molar-refractivity contribution in [3.63, 3.8) is 0 Å². The van der Waals surface area contributed by atoms with Gasteiger partial charge < -0.3 is 4.74 Å². The van der Waals surface area contributed by atoms with E-state index in [0.717, 1.165) is 0 Å². The maximum atomic E-state index is 11.3. The van der Waals surface area contributed by atoms with Crippen LogP contribution in [0.15, 0.2) is 24.3 Å². The molecule has 88 valence electrons. The van der Waals surface area contributed by atoms with Crippen molar-refractivity contribution in [1.29, 1.82) is 0 Å². The molecule has 4 nitrogen and oxygen atoms in total. The molecule has 0 aliphatic heterocycles. The molecule has 1 amide bonds. The van der Waals surface area contributed by atoms with Gasteiger partial charge in [-0.1, -0.05) is 11.6 Å².